The maximum Gasteiger partial charge on any atom is 0.136 e. The van der Waals surface area contributed by atoms with Gasteiger partial charge in [0.2, 0.25) is 0 Å². The minimum absolute atomic E-state index is 1.01. The molecule has 3 aromatic rings. The van der Waals surface area contributed by atoms with E-state index in [-0.39, 0.29) is 0 Å². The van der Waals surface area contributed by atoms with Gasteiger partial charge in [0.25, 0.3) is 0 Å². The van der Waals surface area contributed by atoms with Gasteiger partial charge in [0, 0.05) is 11.5 Å². The Kier molecular flexibility index (Phi) is 5.30. The average Bonchev–Trinajstić information content (AvgIpc) is 2.68. The van der Waals surface area contributed by atoms with Crippen molar-refractivity contribution in [2.45, 2.75) is 26.4 Å². The third-order valence-corrected chi connectivity index (χ3v) is 8.19. The predicted molar refractivity (Wildman–Crippen MR) is 111 cm³/mol. The Labute approximate surface area is 152 Å². The van der Waals surface area contributed by atoms with E-state index in [4.69, 9.17) is 4.98 Å². The molecular formula is C23H25NSi. The molecule has 3 rings (SSSR count). The van der Waals surface area contributed by atoms with Crippen molar-refractivity contribution >= 4 is 24.2 Å². The molecule has 0 aliphatic heterocycles. The monoisotopic (exact) mass is 343 g/mol. The lowest BCUT2D eigenvalue weighted by atomic mass is 10.0. The van der Waals surface area contributed by atoms with Gasteiger partial charge in [-0.25, -0.2) is 0 Å². The van der Waals surface area contributed by atoms with Crippen molar-refractivity contribution < 1.29 is 0 Å². The van der Waals surface area contributed by atoms with Crippen LogP contribution in [-0.4, -0.2) is 13.1 Å². The van der Waals surface area contributed by atoms with Crippen molar-refractivity contribution in [1.29, 1.82) is 0 Å². The Hall–Kier alpha value is -2.45. The fourth-order valence-corrected chi connectivity index (χ4v) is 6.67. The Morgan fingerprint density at radius 2 is 1.32 bits per heavy atom. The van der Waals surface area contributed by atoms with Crippen LogP contribution in [0.1, 0.15) is 24.5 Å². The first kappa shape index (κ1) is 17.4. The van der Waals surface area contributed by atoms with E-state index in [1.807, 2.05) is 12.3 Å². The Bertz CT molecular complexity index is 837. The van der Waals surface area contributed by atoms with E-state index in [1.165, 1.54) is 27.2 Å². The summed E-state index contributed by atoms with van der Waals surface area (Å²) in [4.78, 5) is 4.73. The standard InChI is InChI=1S/C23H25NSi/c1-4-21(19-13-7-5-8-14-19)23(20-15-9-6-10-16-20)25(2,3)22-17-11-12-18-24-22/h5-18H,4H2,1-3H3/b23-21+. The maximum absolute atomic E-state index is 4.73. The minimum atomic E-state index is -1.95. The van der Waals surface area contributed by atoms with Crippen LogP contribution in [0.25, 0.3) is 10.8 Å². The molecule has 0 N–H and O–H groups in total. The van der Waals surface area contributed by atoms with Crippen molar-refractivity contribution in [1.82, 2.24) is 4.98 Å². The molecule has 0 spiro atoms. The minimum Gasteiger partial charge on any atom is -0.266 e. The molecule has 1 heterocycles. The van der Waals surface area contributed by atoms with Crippen LogP contribution in [0.15, 0.2) is 85.1 Å². The largest absolute Gasteiger partial charge is 0.266 e. The summed E-state index contributed by atoms with van der Waals surface area (Å²) in [5.41, 5.74) is 4.08. The molecule has 1 aromatic heterocycles. The highest BCUT2D eigenvalue weighted by Crippen LogP contribution is 2.35. The number of rotatable bonds is 5. The van der Waals surface area contributed by atoms with Crippen LogP contribution in [0.4, 0.5) is 0 Å². The fraction of sp³-hybridized carbons (Fsp3) is 0.174. The smallest absolute Gasteiger partial charge is 0.136 e. The first-order valence-corrected chi connectivity index (χ1v) is 11.9. The molecule has 0 aliphatic rings. The van der Waals surface area contributed by atoms with Crippen LogP contribution in [0.5, 0.6) is 0 Å². The molecular weight excluding hydrogens is 318 g/mol. The van der Waals surface area contributed by atoms with Gasteiger partial charge in [0.05, 0.1) is 0 Å². The molecule has 2 heteroatoms. The number of hydrogen-bond donors (Lipinski definition) is 0. The quantitative estimate of drug-likeness (QED) is 0.437. The second kappa shape index (κ2) is 7.62. The van der Waals surface area contributed by atoms with E-state index in [0.29, 0.717) is 0 Å². The highest BCUT2D eigenvalue weighted by Gasteiger charge is 2.33. The van der Waals surface area contributed by atoms with Crippen LogP contribution >= 0.6 is 0 Å². The predicted octanol–water partition coefficient (Wildman–Crippen LogP) is 5.56. The summed E-state index contributed by atoms with van der Waals surface area (Å²) in [5.74, 6) is 0. The summed E-state index contributed by atoms with van der Waals surface area (Å²) in [5, 5.41) is 2.72. The molecule has 0 unspecified atom stereocenters. The summed E-state index contributed by atoms with van der Waals surface area (Å²) >= 11 is 0. The van der Waals surface area contributed by atoms with E-state index >= 15 is 0 Å². The topological polar surface area (TPSA) is 12.9 Å². The zero-order valence-corrected chi connectivity index (χ0v) is 16.2. The van der Waals surface area contributed by atoms with Crippen LogP contribution in [0.2, 0.25) is 13.1 Å². The second-order valence-corrected chi connectivity index (χ2v) is 11.0. The number of pyridine rings is 1. The van der Waals surface area contributed by atoms with E-state index < -0.39 is 8.07 Å². The zero-order valence-electron chi connectivity index (χ0n) is 15.2. The number of allylic oxidation sites excluding steroid dienone is 1. The van der Waals surface area contributed by atoms with Crippen LogP contribution < -0.4 is 5.32 Å². The molecule has 0 amide bonds. The fourth-order valence-electron chi connectivity index (χ4n) is 3.54. The van der Waals surface area contributed by atoms with Crippen molar-refractivity contribution in [3.05, 3.63) is 96.2 Å². The van der Waals surface area contributed by atoms with Crippen molar-refractivity contribution in [2.75, 3.05) is 0 Å². The van der Waals surface area contributed by atoms with Gasteiger partial charge in [-0.15, -0.1) is 0 Å². The van der Waals surface area contributed by atoms with Crippen molar-refractivity contribution in [3.8, 4) is 0 Å². The van der Waals surface area contributed by atoms with E-state index in [0.717, 1.165) is 6.42 Å². The van der Waals surface area contributed by atoms with E-state index in [1.54, 1.807) is 0 Å². The van der Waals surface area contributed by atoms with E-state index in [9.17, 15) is 0 Å². The van der Waals surface area contributed by atoms with Gasteiger partial charge >= 0.3 is 0 Å². The lowest BCUT2D eigenvalue weighted by Crippen LogP contribution is -2.45. The third-order valence-electron chi connectivity index (χ3n) is 4.77. The molecule has 126 valence electrons. The zero-order chi connectivity index (χ0) is 17.7. The van der Waals surface area contributed by atoms with Crippen LogP contribution in [0, 0.1) is 0 Å². The van der Waals surface area contributed by atoms with Gasteiger partial charge in [0.1, 0.15) is 8.07 Å². The van der Waals surface area contributed by atoms with Gasteiger partial charge < -0.3 is 0 Å². The highest BCUT2D eigenvalue weighted by atomic mass is 28.3. The number of hydrogen-bond acceptors (Lipinski definition) is 1. The molecule has 0 aliphatic carbocycles. The van der Waals surface area contributed by atoms with Crippen molar-refractivity contribution in [2.24, 2.45) is 0 Å². The molecule has 0 saturated carbocycles. The van der Waals surface area contributed by atoms with Gasteiger partial charge in [-0.1, -0.05) is 86.7 Å². The number of aromatic nitrogens is 1. The first-order chi connectivity index (χ1) is 12.1. The van der Waals surface area contributed by atoms with Gasteiger partial charge in [-0.3, -0.25) is 4.98 Å². The van der Waals surface area contributed by atoms with Gasteiger partial charge in [-0.2, -0.15) is 0 Å². The summed E-state index contributed by atoms with van der Waals surface area (Å²) in [6.45, 7) is 7.08. The van der Waals surface area contributed by atoms with Gasteiger partial charge in [0.15, 0.2) is 0 Å². The van der Waals surface area contributed by atoms with Crippen molar-refractivity contribution in [3.63, 3.8) is 0 Å². The molecule has 0 atom stereocenters. The molecule has 0 saturated heterocycles. The molecule has 0 fully saturated rings. The van der Waals surface area contributed by atoms with Gasteiger partial charge in [-0.05, 0) is 40.4 Å². The SMILES string of the molecule is CC/C(=C(/c1ccccc1)[Si](C)(C)c1ccccn1)c1ccccc1. The normalized spacial score (nSPS) is 12.6. The first-order valence-electron chi connectivity index (χ1n) is 8.90. The van der Waals surface area contributed by atoms with Crippen LogP contribution in [-0.2, 0) is 0 Å². The lowest BCUT2D eigenvalue weighted by Gasteiger charge is -2.29. The average molecular weight is 344 g/mol. The third kappa shape index (κ3) is 3.64. The summed E-state index contributed by atoms with van der Waals surface area (Å²) in [7, 11) is -1.95. The Balaban J connectivity index is 2.29. The Morgan fingerprint density at radius 3 is 1.84 bits per heavy atom. The molecule has 0 bridgehead atoms. The Morgan fingerprint density at radius 1 is 0.760 bits per heavy atom. The van der Waals surface area contributed by atoms with Crippen LogP contribution in [0.3, 0.4) is 0 Å². The summed E-state index contributed by atoms with van der Waals surface area (Å²) in [6.07, 6.45) is 2.93. The number of nitrogens with zero attached hydrogens (tertiary/aromatic N) is 1. The number of benzene rings is 2. The lowest BCUT2D eigenvalue weighted by molar-refractivity contribution is 1.24. The second-order valence-electron chi connectivity index (χ2n) is 6.78. The molecule has 1 nitrogen and oxygen atoms in total. The summed E-state index contributed by atoms with van der Waals surface area (Å²) < 4.78 is 0. The van der Waals surface area contributed by atoms with E-state index in [2.05, 4.69) is 92.8 Å². The molecule has 2 aromatic carbocycles. The summed E-state index contributed by atoms with van der Waals surface area (Å²) in [6, 6.07) is 27.9. The highest BCUT2D eigenvalue weighted by molar-refractivity contribution is 7.05. The molecule has 25 heavy (non-hydrogen) atoms. The molecule has 0 radical (unpaired) electrons. The maximum atomic E-state index is 4.73.